The minimum absolute atomic E-state index is 0.0248. The van der Waals surface area contributed by atoms with Gasteiger partial charge in [0.15, 0.2) is 11.5 Å². The number of thioether (sulfide) groups is 1. The van der Waals surface area contributed by atoms with Crippen LogP contribution in [0.3, 0.4) is 0 Å². The Morgan fingerprint density at radius 1 is 1.00 bits per heavy atom. The van der Waals surface area contributed by atoms with Crippen molar-refractivity contribution >= 4 is 35.2 Å². The Bertz CT molecular complexity index is 1410. The van der Waals surface area contributed by atoms with Crippen LogP contribution in [0.2, 0.25) is 0 Å². The van der Waals surface area contributed by atoms with Gasteiger partial charge in [0.2, 0.25) is 17.7 Å². The highest BCUT2D eigenvalue weighted by Gasteiger charge is 2.43. The molecule has 1 saturated heterocycles. The number of hydrogen-bond acceptors (Lipinski definition) is 7. The molecule has 0 aliphatic carbocycles. The molecular weight excluding hydrogens is 566 g/mol. The third-order valence-corrected chi connectivity index (χ3v) is 8.45. The maximum absolute atomic E-state index is 13.8. The number of nitrogens with one attached hydrogen (secondary N) is 1. The highest BCUT2D eigenvalue weighted by atomic mass is 32.2. The molecule has 3 aromatic carbocycles. The topological polar surface area (TPSA) is 120 Å². The number of anilines is 1. The van der Waals surface area contributed by atoms with Gasteiger partial charge in [-0.3, -0.25) is 19.3 Å². The molecule has 0 spiro atoms. The quantitative estimate of drug-likeness (QED) is 0.227. The monoisotopic (exact) mass is 605 g/mol. The molecule has 0 unspecified atom stereocenters. The first kappa shape index (κ1) is 31.7. The molecule has 228 valence electrons. The van der Waals surface area contributed by atoms with Crippen molar-refractivity contribution in [1.29, 1.82) is 0 Å². The second-order valence-corrected chi connectivity index (χ2v) is 11.4. The lowest BCUT2D eigenvalue weighted by molar-refractivity contribution is -0.124. The van der Waals surface area contributed by atoms with E-state index in [1.54, 1.807) is 36.3 Å². The molecule has 2 atom stereocenters. The van der Waals surface area contributed by atoms with Crippen LogP contribution in [0.25, 0.3) is 0 Å². The fourth-order valence-corrected chi connectivity index (χ4v) is 6.23. The van der Waals surface area contributed by atoms with Gasteiger partial charge in [-0.25, -0.2) is 0 Å². The van der Waals surface area contributed by atoms with Crippen molar-refractivity contribution in [3.63, 3.8) is 0 Å². The number of carbonyl (C=O) groups is 3. The van der Waals surface area contributed by atoms with Gasteiger partial charge >= 0.3 is 0 Å². The SMILES string of the molecule is CCCCOc1ccc([C@@H]2S[C@H](CC(=O)NCCc3ccc(OC)c(OCC)c3)C(=O)N2c2cccc(C(N)=O)c2)cc1. The summed E-state index contributed by atoms with van der Waals surface area (Å²) in [6.07, 6.45) is 2.64. The third-order valence-electron chi connectivity index (χ3n) is 7.02. The van der Waals surface area contributed by atoms with Gasteiger partial charge in [0.1, 0.15) is 11.1 Å². The number of nitrogens with zero attached hydrogens (tertiary/aromatic N) is 1. The Hall–Kier alpha value is -4.18. The number of unbranched alkanes of at least 4 members (excludes halogenated alkanes) is 1. The highest BCUT2D eigenvalue weighted by Crippen LogP contribution is 2.47. The average molecular weight is 606 g/mol. The van der Waals surface area contributed by atoms with Gasteiger partial charge in [0, 0.05) is 24.2 Å². The van der Waals surface area contributed by atoms with Crippen LogP contribution >= 0.6 is 11.8 Å². The number of primary amides is 1. The zero-order valence-corrected chi connectivity index (χ0v) is 25.7. The lowest BCUT2D eigenvalue weighted by atomic mass is 10.1. The van der Waals surface area contributed by atoms with Crippen LogP contribution in [-0.4, -0.2) is 49.8 Å². The van der Waals surface area contributed by atoms with Crippen molar-refractivity contribution < 1.29 is 28.6 Å². The van der Waals surface area contributed by atoms with E-state index < -0.39 is 16.5 Å². The van der Waals surface area contributed by atoms with E-state index in [4.69, 9.17) is 19.9 Å². The summed E-state index contributed by atoms with van der Waals surface area (Å²) in [5.74, 6) is 1.09. The van der Waals surface area contributed by atoms with Crippen molar-refractivity contribution in [3.8, 4) is 17.2 Å². The lowest BCUT2D eigenvalue weighted by Gasteiger charge is -2.25. The van der Waals surface area contributed by atoms with Crippen molar-refractivity contribution in [3.05, 3.63) is 83.4 Å². The van der Waals surface area contributed by atoms with E-state index in [-0.39, 0.29) is 18.2 Å². The number of benzene rings is 3. The van der Waals surface area contributed by atoms with Crippen molar-refractivity contribution in [2.45, 2.75) is 50.2 Å². The molecule has 0 saturated carbocycles. The molecule has 1 fully saturated rings. The molecule has 10 heteroatoms. The Morgan fingerprint density at radius 2 is 1.79 bits per heavy atom. The van der Waals surface area contributed by atoms with E-state index in [2.05, 4.69) is 12.2 Å². The zero-order valence-electron chi connectivity index (χ0n) is 24.8. The largest absolute Gasteiger partial charge is 0.494 e. The van der Waals surface area contributed by atoms with Gasteiger partial charge in [-0.1, -0.05) is 37.6 Å². The zero-order chi connectivity index (χ0) is 30.8. The van der Waals surface area contributed by atoms with Crippen LogP contribution in [-0.2, 0) is 16.0 Å². The summed E-state index contributed by atoms with van der Waals surface area (Å²) < 4.78 is 16.8. The van der Waals surface area contributed by atoms with Crippen LogP contribution in [0.5, 0.6) is 17.2 Å². The van der Waals surface area contributed by atoms with Gasteiger partial charge in [-0.05, 0) is 73.4 Å². The highest BCUT2D eigenvalue weighted by molar-refractivity contribution is 8.01. The minimum atomic E-state index is -0.603. The lowest BCUT2D eigenvalue weighted by Crippen LogP contribution is -2.34. The molecule has 1 aliphatic heterocycles. The van der Waals surface area contributed by atoms with E-state index in [1.165, 1.54) is 11.8 Å². The summed E-state index contributed by atoms with van der Waals surface area (Å²) in [4.78, 5) is 40.3. The Morgan fingerprint density at radius 3 is 2.49 bits per heavy atom. The first-order valence-electron chi connectivity index (χ1n) is 14.5. The number of nitrogens with two attached hydrogens (primary N) is 1. The maximum Gasteiger partial charge on any atom is 0.248 e. The van der Waals surface area contributed by atoms with Gasteiger partial charge in [0.05, 0.1) is 25.6 Å². The van der Waals surface area contributed by atoms with Crippen LogP contribution < -0.4 is 30.2 Å². The third kappa shape index (κ3) is 8.22. The number of amides is 3. The van der Waals surface area contributed by atoms with Crippen molar-refractivity contribution in [2.75, 3.05) is 31.8 Å². The standard InChI is InChI=1S/C33H39N3O6S/c1-4-6-18-42-26-13-11-23(12-14-26)33-36(25-9-7-8-24(20-25)31(34)38)32(39)29(43-33)21-30(37)35-17-16-22-10-15-27(40-3)28(19-22)41-5-2/h7-15,19-20,29,33H,4-6,16-18,21H2,1-3H3,(H2,34,38)(H,35,37)/t29-,33+/m1/s1. The Labute approximate surface area is 257 Å². The van der Waals surface area contributed by atoms with Gasteiger partial charge in [0.25, 0.3) is 0 Å². The molecule has 43 heavy (non-hydrogen) atoms. The van der Waals surface area contributed by atoms with Gasteiger partial charge < -0.3 is 25.3 Å². The number of hydrogen-bond donors (Lipinski definition) is 2. The predicted molar refractivity (Wildman–Crippen MR) is 169 cm³/mol. The number of ether oxygens (including phenoxy) is 3. The van der Waals surface area contributed by atoms with E-state index in [0.29, 0.717) is 48.9 Å². The fourth-order valence-electron chi connectivity index (χ4n) is 4.77. The fraction of sp³-hybridized carbons (Fsp3) is 0.364. The van der Waals surface area contributed by atoms with E-state index >= 15 is 0 Å². The molecule has 0 aromatic heterocycles. The first-order chi connectivity index (χ1) is 20.8. The van der Waals surface area contributed by atoms with Gasteiger partial charge in [-0.2, -0.15) is 0 Å². The second kappa shape index (κ2) is 15.3. The number of rotatable bonds is 15. The molecule has 1 heterocycles. The summed E-state index contributed by atoms with van der Waals surface area (Å²) in [5, 5.41) is 1.95. The van der Waals surface area contributed by atoms with Gasteiger partial charge in [-0.15, -0.1) is 11.8 Å². The molecule has 9 nitrogen and oxygen atoms in total. The Kier molecular flexibility index (Phi) is 11.3. The minimum Gasteiger partial charge on any atom is -0.494 e. The summed E-state index contributed by atoms with van der Waals surface area (Å²) in [7, 11) is 1.60. The van der Waals surface area contributed by atoms with E-state index in [0.717, 1.165) is 29.7 Å². The normalized spacial score (nSPS) is 16.2. The summed E-state index contributed by atoms with van der Waals surface area (Å²) in [5.41, 5.74) is 8.26. The molecule has 0 bridgehead atoms. The van der Waals surface area contributed by atoms with E-state index in [9.17, 15) is 14.4 Å². The van der Waals surface area contributed by atoms with Crippen molar-refractivity contribution in [1.82, 2.24) is 5.32 Å². The first-order valence-corrected chi connectivity index (χ1v) is 15.5. The molecule has 3 aromatic rings. The molecule has 3 N–H and O–H groups in total. The molecule has 0 radical (unpaired) electrons. The number of carbonyl (C=O) groups excluding carboxylic acids is 3. The predicted octanol–water partition coefficient (Wildman–Crippen LogP) is 5.27. The maximum atomic E-state index is 13.8. The molecular formula is C33H39N3O6S. The second-order valence-electron chi connectivity index (χ2n) is 10.1. The summed E-state index contributed by atoms with van der Waals surface area (Å²) in [6, 6.07) is 20.1. The number of methoxy groups -OCH3 is 1. The van der Waals surface area contributed by atoms with Crippen LogP contribution in [0.1, 0.15) is 60.0 Å². The van der Waals surface area contributed by atoms with Crippen molar-refractivity contribution in [2.24, 2.45) is 5.73 Å². The average Bonchev–Trinajstić information content (AvgIpc) is 3.33. The van der Waals surface area contributed by atoms with Crippen LogP contribution in [0, 0.1) is 0 Å². The summed E-state index contributed by atoms with van der Waals surface area (Å²) >= 11 is 1.41. The Balaban J connectivity index is 1.46. The smallest absolute Gasteiger partial charge is 0.248 e. The van der Waals surface area contributed by atoms with Crippen LogP contribution in [0.15, 0.2) is 66.7 Å². The summed E-state index contributed by atoms with van der Waals surface area (Å²) in [6.45, 7) is 5.59. The van der Waals surface area contributed by atoms with E-state index in [1.807, 2.05) is 49.4 Å². The molecule has 1 aliphatic rings. The molecule has 4 rings (SSSR count). The van der Waals surface area contributed by atoms with Crippen LogP contribution in [0.4, 0.5) is 5.69 Å². The molecule has 3 amide bonds.